The molecule has 0 aromatic heterocycles. The highest BCUT2D eigenvalue weighted by atomic mass is 19.1. The molecular weight excluding hydrogens is 460 g/mol. The fraction of sp³-hybridized carbons (Fsp3) is 0.333. The van der Waals surface area contributed by atoms with Crippen molar-refractivity contribution in [2.75, 3.05) is 20.3 Å². The van der Waals surface area contributed by atoms with Crippen LogP contribution in [-0.4, -0.2) is 26.3 Å². The molecule has 3 aromatic rings. The van der Waals surface area contributed by atoms with Crippen LogP contribution < -0.4 is 0 Å². The van der Waals surface area contributed by atoms with Crippen LogP contribution in [0.25, 0.3) is 11.1 Å². The van der Waals surface area contributed by atoms with Crippen LogP contribution in [0.5, 0.6) is 0 Å². The molecule has 0 saturated carbocycles. The summed E-state index contributed by atoms with van der Waals surface area (Å²) in [6.45, 7) is 4.45. The summed E-state index contributed by atoms with van der Waals surface area (Å²) in [5.41, 5.74) is 5.13. The van der Waals surface area contributed by atoms with E-state index in [-0.39, 0.29) is 18.6 Å². The van der Waals surface area contributed by atoms with Crippen molar-refractivity contribution in [3.8, 4) is 17.2 Å². The Balaban J connectivity index is 2.00. The van der Waals surface area contributed by atoms with Crippen molar-refractivity contribution in [1.29, 1.82) is 5.26 Å². The minimum absolute atomic E-state index is 0.168. The van der Waals surface area contributed by atoms with Crippen molar-refractivity contribution in [1.82, 2.24) is 0 Å². The number of hydrogen-bond donors (Lipinski definition) is 0. The first-order valence-electron chi connectivity index (χ1n) is 12.1. The number of esters is 1. The van der Waals surface area contributed by atoms with Crippen LogP contribution in [0.4, 0.5) is 8.78 Å². The van der Waals surface area contributed by atoms with E-state index in [2.05, 4.69) is 18.2 Å². The van der Waals surface area contributed by atoms with Crippen molar-refractivity contribution in [3.05, 3.63) is 94.6 Å². The van der Waals surface area contributed by atoms with Gasteiger partial charge in [0.05, 0.1) is 25.0 Å². The monoisotopic (exact) mass is 491 g/mol. The summed E-state index contributed by atoms with van der Waals surface area (Å²) in [5, 5.41) is 10.2. The summed E-state index contributed by atoms with van der Waals surface area (Å²) in [6, 6.07) is 19.4. The zero-order chi connectivity index (χ0) is 26.1. The number of carbonyl (C=O) groups excluding carboxylic acids is 1. The highest BCUT2D eigenvalue weighted by molar-refractivity contribution is 5.72. The Kier molecular flexibility index (Phi) is 9.72. The average molecular weight is 492 g/mol. The van der Waals surface area contributed by atoms with Crippen LogP contribution >= 0.6 is 0 Å². The molecule has 0 spiro atoms. The number of halogens is 2. The first-order chi connectivity index (χ1) is 17.4. The van der Waals surface area contributed by atoms with E-state index < -0.39 is 29.4 Å². The van der Waals surface area contributed by atoms with Gasteiger partial charge in [-0.25, -0.2) is 8.78 Å². The molecule has 188 valence electrons. The van der Waals surface area contributed by atoms with Crippen molar-refractivity contribution >= 4 is 5.97 Å². The lowest BCUT2D eigenvalue weighted by atomic mass is 9.78. The molecule has 0 saturated heterocycles. The smallest absolute Gasteiger partial charge is 0.306 e. The molecule has 0 heterocycles. The van der Waals surface area contributed by atoms with E-state index in [0.29, 0.717) is 12.2 Å². The third kappa shape index (κ3) is 6.77. The van der Waals surface area contributed by atoms with E-state index in [1.165, 1.54) is 17.7 Å². The highest BCUT2D eigenvalue weighted by Gasteiger charge is 2.30. The second kappa shape index (κ2) is 12.9. The molecule has 0 aliphatic heterocycles. The summed E-state index contributed by atoms with van der Waals surface area (Å²) in [4.78, 5) is 12.4. The predicted octanol–water partition coefficient (Wildman–Crippen LogP) is 6.86. The number of rotatable bonds is 11. The topological polar surface area (TPSA) is 59.3 Å². The molecule has 3 aromatic carbocycles. The largest absolute Gasteiger partial charge is 0.466 e. The van der Waals surface area contributed by atoms with Gasteiger partial charge in [-0.2, -0.15) is 5.26 Å². The molecule has 0 bridgehead atoms. The molecule has 0 aliphatic carbocycles. The summed E-state index contributed by atoms with van der Waals surface area (Å²) in [7, 11) is 1.69. The number of methoxy groups -OCH3 is 1. The van der Waals surface area contributed by atoms with Gasteiger partial charge in [0.25, 0.3) is 0 Å². The van der Waals surface area contributed by atoms with E-state index in [4.69, 9.17) is 9.47 Å². The Labute approximate surface area is 211 Å². The molecule has 2 atom stereocenters. The number of nitriles is 1. The van der Waals surface area contributed by atoms with Gasteiger partial charge in [-0.1, -0.05) is 42.5 Å². The lowest BCUT2D eigenvalue weighted by Gasteiger charge is -2.24. The second-order valence-corrected chi connectivity index (χ2v) is 8.75. The van der Waals surface area contributed by atoms with Crippen LogP contribution in [0.2, 0.25) is 0 Å². The van der Waals surface area contributed by atoms with Gasteiger partial charge < -0.3 is 9.47 Å². The standard InChI is InChI=1S/C30H31F2NO3/c1-4-36-30(34)18-28(23-15-24(31)17-25(32)16-23)29(19-33)26-12-11-22(14-20(26)2)27-10-6-5-8-21(27)9-7-13-35-3/h5-6,8,10-12,14-17,28-29H,4,7,9,13,18H2,1-3H3. The van der Waals surface area contributed by atoms with Crippen LogP contribution in [0.1, 0.15) is 53.9 Å². The van der Waals surface area contributed by atoms with Gasteiger partial charge in [-0.05, 0) is 72.2 Å². The van der Waals surface area contributed by atoms with E-state index >= 15 is 0 Å². The molecule has 0 N–H and O–H groups in total. The number of ether oxygens (including phenoxy) is 2. The third-order valence-electron chi connectivity index (χ3n) is 6.27. The number of hydrogen-bond acceptors (Lipinski definition) is 4. The molecule has 0 radical (unpaired) electrons. The SMILES string of the molecule is CCOC(=O)CC(c1cc(F)cc(F)c1)C(C#N)c1ccc(-c2ccccc2CCCOC)cc1C. The zero-order valence-electron chi connectivity index (χ0n) is 20.9. The van der Waals surface area contributed by atoms with Gasteiger partial charge in [0.1, 0.15) is 11.6 Å². The van der Waals surface area contributed by atoms with Crippen molar-refractivity contribution in [3.63, 3.8) is 0 Å². The highest BCUT2D eigenvalue weighted by Crippen LogP contribution is 2.39. The molecule has 3 rings (SSSR count). The molecule has 36 heavy (non-hydrogen) atoms. The zero-order valence-corrected chi connectivity index (χ0v) is 20.9. The Hall–Kier alpha value is -3.56. The minimum atomic E-state index is -0.804. The number of nitrogens with zero attached hydrogens (tertiary/aromatic N) is 1. The Bertz CT molecular complexity index is 1210. The lowest BCUT2D eigenvalue weighted by molar-refractivity contribution is -0.143. The number of carbonyl (C=O) groups is 1. The fourth-order valence-corrected chi connectivity index (χ4v) is 4.61. The van der Waals surface area contributed by atoms with E-state index in [0.717, 1.165) is 35.6 Å². The normalized spacial score (nSPS) is 12.6. The number of benzene rings is 3. The fourth-order valence-electron chi connectivity index (χ4n) is 4.61. The van der Waals surface area contributed by atoms with Gasteiger partial charge in [-0.3, -0.25) is 4.79 Å². The summed E-state index contributed by atoms with van der Waals surface area (Å²) < 4.78 is 38.4. The van der Waals surface area contributed by atoms with Crippen LogP contribution in [0.3, 0.4) is 0 Å². The first-order valence-corrected chi connectivity index (χ1v) is 12.1. The van der Waals surface area contributed by atoms with Crippen molar-refractivity contribution in [2.24, 2.45) is 0 Å². The Morgan fingerprint density at radius 2 is 1.78 bits per heavy atom. The third-order valence-corrected chi connectivity index (χ3v) is 6.27. The maximum absolute atomic E-state index is 14.1. The molecule has 0 fully saturated rings. The quantitative estimate of drug-likeness (QED) is 0.217. The van der Waals surface area contributed by atoms with Crippen molar-refractivity contribution < 1.29 is 23.0 Å². The average Bonchev–Trinajstić information content (AvgIpc) is 2.84. The van der Waals surface area contributed by atoms with Gasteiger partial charge >= 0.3 is 5.97 Å². The molecule has 0 aliphatic rings. The Morgan fingerprint density at radius 1 is 1.06 bits per heavy atom. The van der Waals surface area contributed by atoms with Gasteiger partial charge in [0.2, 0.25) is 0 Å². The van der Waals surface area contributed by atoms with E-state index in [9.17, 15) is 18.8 Å². The summed E-state index contributed by atoms with van der Waals surface area (Å²) >= 11 is 0. The van der Waals surface area contributed by atoms with E-state index in [1.807, 2.05) is 37.3 Å². The molecular formula is C30H31F2NO3. The van der Waals surface area contributed by atoms with Crippen LogP contribution in [-0.2, 0) is 20.7 Å². The van der Waals surface area contributed by atoms with Crippen molar-refractivity contribution in [2.45, 2.75) is 44.9 Å². The van der Waals surface area contributed by atoms with Crippen LogP contribution in [0, 0.1) is 29.9 Å². The van der Waals surface area contributed by atoms with Gasteiger partial charge in [-0.15, -0.1) is 0 Å². The minimum Gasteiger partial charge on any atom is -0.466 e. The lowest BCUT2D eigenvalue weighted by Crippen LogP contribution is -2.17. The summed E-state index contributed by atoms with van der Waals surface area (Å²) in [5.74, 6) is -3.61. The number of aryl methyl sites for hydroxylation is 2. The summed E-state index contributed by atoms with van der Waals surface area (Å²) in [6.07, 6.45) is 1.61. The molecule has 4 nitrogen and oxygen atoms in total. The van der Waals surface area contributed by atoms with Gasteiger partial charge in [0.15, 0.2) is 0 Å². The molecule has 2 unspecified atom stereocenters. The second-order valence-electron chi connectivity index (χ2n) is 8.75. The van der Waals surface area contributed by atoms with Gasteiger partial charge in [0, 0.05) is 25.7 Å². The molecule has 0 amide bonds. The molecule has 6 heteroatoms. The predicted molar refractivity (Wildman–Crippen MR) is 136 cm³/mol. The maximum atomic E-state index is 14.1. The van der Waals surface area contributed by atoms with Crippen LogP contribution in [0.15, 0.2) is 60.7 Å². The Morgan fingerprint density at radius 3 is 2.42 bits per heavy atom. The first kappa shape index (κ1) is 27.0. The maximum Gasteiger partial charge on any atom is 0.306 e. The van der Waals surface area contributed by atoms with E-state index in [1.54, 1.807) is 14.0 Å².